The molecule has 6 heteroatoms. The van der Waals surface area contributed by atoms with E-state index in [4.69, 9.17) is 4.52 Å². The zero-order valence-corrected chi connectivity index (χ0v) is 17.0. The van der Waals surface area contributed by atoms with Gasteiger partial charge < -0.3 is 14.7 Å². The SMILES string of the molecule is C=CCCCCCN(C)C(=NCc1cc(CC)no1)NCC.I. The third kappa shape index (κ3) is 8.98. The first kappa shape index (κ1) is 21.9. The summed E-state index contributed by atoms with van der Waals surface area (Å²) in [7, 11) is 2.08. The van der Waals surface area contributed by atoms with Crippen molar-refractivity contribution in [2.45, 2.75) is 52.5 Å². The molecule has 23 heavy (non-hydrogen) atoms. The van der Waals surface area contributed by atoms with E-state index in [1.54, 1.807) is 0 Å². The molecule has 5 nitrogen and oxygen atoms in total. The molecule has 0 unspecified atom stereocenters. The van der Waals surface area contributed by atoms with Crippen LogP contribution < -0.4 is 5.32 Å². The molecule has 0 saturated heterocycles. The number of allylic oxidation sites excluding steroid dienone is 1. The maximum atomic E-state index is 5.28. The van der Waals surface area contributed by atoms with Crippen LogP contribution in [0.1, 0.15) is 51.0 Å². The minimum absolute atomic E-state index is 0. The van der Waals surface area contributed by atoms with Gasteiger partial charge in [0.1, 0.15) is 6.54 Å². The number of unbranched alkanes of at least 4 members (excludes halogenated alkanes) is 3. The maximum Gasteiger partial charge on any atom is 0.194 e. The Morgan fingerprint density at radius 1 is 1.39 bits per heavy atom. The van der Waals surface area contributed by atoms with Gasteiger partial charge in [-0.1, -0.05) is 24.6 Å². The van der Waals surface area contributed by atoms with Gasteiger partial charge >= 0.3 is 0 Å². The lowest BCUT2D eigenvalue weighted by Crippen LogP contribution is -2.39. The third-order valence-electron chi connectivity index (χ3n) is 3.45. The average Bonchev–Trinajstić information content (AvgIpc) is 2.99. The number of nitrogens with one attached hydrogen (secondary N) is 1. The summed E-state index contributed by atoms with van der Waals surface area (Å²) in [6, 6.07) is 1.97. The van der Waals surface area contributed by atoms with Crippen molar-refractivity contribution >= 4 is 29.9 Å². The Kier molecular flexibility index (Phi) is 12.8. The number of aryl methyl sites for hydroxylation is 1. The zero-order chi connectivity index (χ0) is 16.2. The molecule has 0 amide bonds. The highest BCUT2D eigenvalue weighted by atomic mass is 127. The summed E-state index contributed by atoms with van der Waals surface area (Å²) >= 11 is 0. The van der Waals surface area contributed by atoms with Crippen molar-refractivity contribution in [1.82, 2.24) is 15.4 Å². The second-order valence-electron chi connectivity index (χ2n) is 5.37. The van der Waals surface area contributed by atoms with Gasteiger partial charge in [0.15, 0.2) is 11.7 Å². The van der Waals surface area contributed by atoms with Gasteiger partial charge in [-0.2, -0.15) is 0 Å². The van der Waals surface area contributed by atoms with Crippen LogP contribution >= 0.6 is 24.0 Å². The summed E-state index contributed by atoms with van der Waals surface area (Å²) in [5, 5.41) is 7.32. The van der Waals surface area contributed by atoms with Crippen molar-refractivity contribution in [2.75, 3.05) is 20.1 Å². The predicted octanol–water partition coefficient (Wildman–Crippen LogP) is 4.00. The maximum absolute atomic E-state index is 5.28. The van der Waals surface area contributed by atoms with E-state index >= 15 is 0 Å². The summed E-state index contributed by atoms with van der Waals surface area (Å²) in [5.41, 5.74) is 0.978. The van der Waals surface area contributed by atoms with E-state index in [0.717, 1.165) is 49.8 Å². The van der Waals surface area contributed by atoms with Crippen molar-refractivity contribution in [2.24, 2.45) is 4.99 Å². The fourth-order valence-electron chi connectivity index (χ4n) is 2.14. The van der Waals surface area contributed by atoms with E-state index < -0.39 is 0 Å². The van der Waals surface area contributed by atoms with E-state index in [1.807, 2.05) is 12.1 Å². The van der Waals surface area contributed by atoms with Crippen LogP contribution in [-0.2, 0) is 13.0 Å². The normalized spacial score (nSPS) is 11.0. The van der Waals surface area contributed by atoms with Crippen molar-refractivity contribution in [3.63, 3.8) is 0 Å². The van der Waals surface area contributed by atoms with Gasteiger partial charge in [0.25, 0.3) is 0 Å². The van der Waals surface area contributed by atoms with Gasteiger partial charge in [-0.3, -0.25) is 0 Å². The smallest absolute Gasteiger partial charge is 0.194 e. The van der Waals surface area contributed by atoms with Crippen LogP contribution in [0.5, 0.6) is 0 Å². The third-order valence-corrected chi connectivity index (χ3v) is 3.45. The number of halogens is 1. The molecule has 1 N–H and O–H groups in total. The molecule has 0 radical (unpaired) electrons. The highest BCUT2D eigenvalue weighted by Gasteiger charge is 2.07. The van der Waals surface area contributed by atoms with Crippen LogP contribution in [0.15, 0.2) is 28.2 Å². The Morgan fingerprint density at radius 2 is 2.17 bits per heavy atom. The second kappa shape index (κ2) is 13.4. The van der Waals surface area contributed by atoms with E-state index in [0.29, 0.717) is 6.54 Å². The molecule has 1 aromatic rings. The van der Waals surface area contributed by atoms with Crippen LogP contribution in [0.2, 0.25) is 0 Å². The highest BCUT2D eigenvalue weighted by Crippen LogP contribution is 2.06. The first-order chi connectivity index (χ1) is 10.7. The monoisotopic (exact) mass is 434 g/mol. The molecule has 1 heterocycles. The van der Waals surface area contributed by atoms with Gasteiger partial charge in [-0.05, 0) is 32.6 Å². The average molecular weight is 434 g/mol. The van der Waals surface area contributed by atoms with Gasteiger partial charge in [0.2, 0.25) is 0 Å². The molecule has 0 aromatic carbocycles. The number of hydrogen-bond donors (Lipinski definition) is 1. The van der Waals surface area contributed by atoms with Crippen LogP contribution in [0.4, 0.5) is 0 Å². The Morgan fingerprint density at radius 3 is 2.78 bits per heavy atom. The number of aromatic nitrogens is 1. The Hall–Kier alpha value is -1.05. The van der Waals surface area contributed by atoms with Crippen LogP contribution in [0.3, 0.4) is 0 Å². The molecule has 0 aliphatic heterocycles. The standard InChI is InChI=1S/C17H30N4O.HI/c1-5-8-9-10-11-12-21(4)17(18-7-3)19-14-16-13-15(6-2)20-22-16;/h5,13H,1,6-12,14H2,2-4H3,(H,18,19);1H. The van der Waals surface area contributed by atoms with E-state index in [-0.39, 0.29) is 24.0 Å². The highest BCUT2D eigenvalue weighted by molar-refractivity contribution is 14.0. The summed E-state index contributed by atoms with van der Waals surface area (Å²) in [6.07, 6.45) is 7.57. The molecular formula is C17H31IN4O. The van der Waals surface area contributed by atoms with Gasteiger partial charge in [-0.15, -0.1) is 30.6 Å². The summed E-state index contributed by atoms with van der Waals surface area (Å²) in [5.74, 6) is 1.73. The second-order valence-corrected chi connectivity index (χ2v) is 5.37. The summed E-state index contributed by atoms with van der Waals surface area (Å²) < 4.78 is 5.28. The number of hydrogen-bond acceptors (Lipinski definition) is 3. The molecule has 1 aromatic heterocycles. The van der Waals surface area contributed by atoms with Crippen LogP contribution in [0.25, 0.3) is 0 Å². The Labute approximate surface area is 157 Å². The molecule has 0 spiro atoms. The zero-order valence-electron chi connectivity index (χ0n) is 14.7. The Bertz CT molecular complexity index is 459. The minimum Gasteiger partial charge on any atom is -0.359 e. The molecule has 0 atom stereocenters. The van der Waals surface area contributed by atoms with Crippen LogP contribution in [0, 0.1) is 0 Å². The first-order valence-electron chi connectivity index (χ1n) is 8.26. The lowest BCUT2D eigenvalue weighted by molar-refractivity contribution is 0.378. The minimum atomic E-state index is 0. The molecule has 0 bridgehead atoms. The van der Waals surface area contributed by atoms with Gasteiger partial charge in [0.05, 0.1) is 5.69 Å². The van der Waals surface area contributed by atoms with Crippen molar-refractivity contribution in [1.29, 1.82) is 0 Å². The van der Waals surface area contributed by atoms with Crippen molar-refractivity contribution in [3.05, 3.63) is 30.2 Å². The van der Waals surface area contributed by atoms with Gasteiger partial charge in [0, 0.05) is 26.2 Å². The molecule has 0 saturated carbocycles. The largest absolute Gasteiger partial charge is 0.359 e. The molecule has 132 valence electrons. The number of aliphatic imine (C=N–C) groups is 1. The van der Waals surface area contributed by atoms with Gasteiger partial charge in [-0.25, -0.2) is 4.99 Å². The fourth-order valence-corrected chi connectivity index (χ4v) is 2.14. The van der Waals surface area contributed by atoms with Crippen molar-refractivity contribution < 1.29 is 4.52 Å². The van der Waals surface area contributed by atoms with E-state index in [1.165, 1.54) is 12.8 Å². The lowest BCUT2D eigenvalue weighted by Gasteiger charge is -2.21. The quantitative estimate of drug-likeness (QED) is 0.199. The molecular weight excluding hydrogens is 403 g/mol. The summed E-state index contributed by atoms with van der Waals surface area (Å²) in [4.78, 5) is 6.80. The first-order valence-corrected chi connectivity index (χ1v) is 8.26. The number of nitrogens with zero attached hydrogens (tertiary/aromatic N) is 3. The molecule has 0 fully saturated rings. The molecule has 0 aliphatic rings. The Balaban J connectivity index is 0.00000484. The molecule has 0 aliphatic carbocycles. The molecule has 1 rings (SSSR count). The van der Waals surface area contributed by atoms with Crippen molar-refractivity contribution in [3.8, 4) is 0 Å². The number of rotatable bonds is 10. The fraction of sp³-hybridized carbons (Fsp3) is 0.647. The number of guanidine groups is 1. The lowest BCUT2D eigenvalue weighted by atomic mass is 10.2. The topological polar surface area (TPSA) is 53.7 Å². The van der Waals surface area contributed by atoms with E-state index in [9.17, 15) is 0 Å². The van der Waals surface area contributed by atoms with E-state index in [2.05, 4.69) is 47.8 Å². The van der Waals surface area contributed by atoms with Crippen LogP contribution in [-0.4, -0.2) is 36.2 Å². The predicted molar refractivity (Wildman–Crippen MR) is 107 cm³/mol. The summed E-state index contributed by atoms with van der Waals surface area (Å²) in [6.45, 7) is 10.3.